The van der Waals surface area contributed by atoms with E-state index in [0.717, 1.165) is 11.3 Å². The number of nitrogens with zero attached hydrogens (tertiary/aromatic N) is 4. The van der Waals surface area contributed by atoms with E-state index >= 15 is 0 Å². The number of allylic oxidation sites excluding steroid dienone is 1. The zero-order chi connectivity index (χ0) is 22.8. The van der Waals surface area contributed by atoms with Gasteiger partial charge in [0.05, 0.1) is 35.7 Å². The van der Waals surface area contributed by atoms with Gasteiger partial charge >= 0.3 is 5.97 Å². The number of para-hydroxylation sites is 1. The molecule has 8 nitrogen and oxygen atoms in total. The van der Waals surface area contributed by atoms with Crippen LogP contribution in [0.3, 0.4) is 0 Å². The van der Waals surface area contributed by atoms with Crippen molar-refractivity contribution in [1.29, 1.82) is 0 Å². The molecule has 0 radical (unpaired) electrons. The molecule has 2 atom stereocenters. The van der Waals surface area contributed by atoms with E-state index in [1.807, 2.05) is 60.7 Å². The maximum atomic E-state index is 12.8. The molecule has 0 saturated heterocycles. The van der Waals surface area contributed by atoms with Crippen LogP contribution in [0.2, 0.25) is 0 Å². The van der Waals surface area contributed by atoms with Gasteiger partial charge in [0.2, 0.25) is 0 Å². The first-order chi connectivity index (χ1) is 15.4. The van der Waals surface area contributed by atoms with Crippen molar-refractivity contribution in [3.8, 4) is 16.9 Å². The molecule has 3 aromatic rings. The fraction of sp³-hybridized carbons (Fsp3) is 0.208. The molecule has 0 amide bonds. The molecule has 4 rings (SSSR count). The summed E-state index contributed by atoms with van der Waals surface area (Å²) in [6, 6.07) is 17.7. The van der Waals surface area contributed by atoms with Gasteiger partial charge in [-0.1, -0.05) is 48.5 Å². The van der Waals surface area contributed by atoms with Gasteiger partial charge in [-0.15, -0.1) is 0 Å². The van der Waals surface area contributed by atoms with Crippen LogP contribution in [0.5, 0.6) is 0 Å². The molecular formula is C24H22N4O4. The summed E-state index contributed by atoms with van der Waals surface area (Å²) in [7, 11) is 1.26. The van der Waals surface area contributed by atoms with Crippen LogP contribution in [0.1, 0.15) is 25.3 Å². The van der Waals surface area contributed by atoms with Crippen LogP contribution in [0, 0.1) is 10.1 Å². The Balaban J connectivity index is 2.00. The average Bonchev–Trinajstić information content (AvgIpc) is 3.24. The molecule has 0 fully saturated rings. The summed E-state index contributed by atoms with van der Waals surface area (Å²) in [5, 5.41) is 16.9. The van der Waals surface area contributed by atoms with Crippen molar-refractivity contribution in [2.75, 3.05) is 7.11 Å². The predicted molar refractivity (Wildman–Crippen MR) is 120 cm³/mol. The average molecular weight is 430 g/mol. The lowest BCUT2D eigenvalue weighted by atomic mass is 9.79. The first-order valence-electron chi connectivity index (χ1n) is 10.1. The Morgan fingerprint density at radius 1 is 1.06 bits per heavy atom. The van der Waals surface area contributed by atoms with E-state index in [4.69, 9.17) is 9.84 Å². The van der Waals surface area contributed by atoms with E-state index in [0.29, 0.717) is 22.7 Å². The molecule has 0 aliphatic carbocycles. The highest BCUT2D eigenvalue weighted by atomic mass is 16.6. The lowest BCUT2D eigenvalue weighted by Crippen LogP contribution is -2.40. The number of nitro groups is 1. The Labute approximate surface area is 185 Å². The lowest BCUT2D eigenvalue weighted by molar-refractivity contribution is -0.505. The number of carbonyl (C=O) groups excluding carboxylic acids is 1. The Morgan fingerprint density at radius 3 is 2.28 bits per heavy atom. The Morgan fingerprint density at radius 2 is 1.69 bits per heavy atom. The van der Waals surface area contributed by atoms with Crippen LogP contribution in [0.4, 0.5) is 0 Å². The number of benzene rings is 2. The molecule has 0 N–H and O–H groups in total. The highest BCUT2D eigenvalue weighted by Crippen LogP contribution is 2.41. The zero-order valence-corrected chi connectivity index (χ0v) is 17.9. The van der Waals surface area contributed by atoms with Gasteiger partial charge in [0.15, 0.2) is 0 Å². The summed E-state index contributed by atoms with van der Waals surface area (Å²) in [4.78, 5) is 28.8. The first kappa shape index (κ1) is 21.2. The van der Waals surface area contributed by atoms with Crippen molar-refractivity contribution in [2.24, 2.45) is 4.99 Å². The van der Waals surface area contributed by atoms with Gasteiger partial charge in [0, 0.05) is 27.9 Å². The normalized spacial score (nSPS) is 18.3. The third kappa shape index (κ3) is 3.71. The quantitative estimate of drug-likeness (QED) is 0.343. The molecule has 2 heterocycles. The minimum Gasteiger partial charge on any atom is -0.466 e. The molecule has 0 spiro atoms. The summed E-state index contributed by atoms with van der Waals surface area (Å²) in [5.41, 5.74) is 3.63. The van der Waals surface area contributed by atoms with E-state index in [9.17, 15) is 14.9 Å². The second-order valence-corrected chi connectivity index (χ2v) is 7.53. The minimum absolute atomic E-state index is 0.171. The van der Waals surface area contributed by atoms with Gasteiger partial charge in [0.25, 0.3) is 6.04 Å². The summed E-state index contributed by atoms with van der Waals surface area (Å²) < 4.78 is 6.68. The van der Waals surface area contributed by atoms with Crippen molar-refractivity contribution < 1.29 is 14.5 Å². The van der Waals surface area contributed by atoms with Crippen molar-refractivity contribution in [3.05, 3.63) is 93.8 Å². The summed E-state index contributed by atoms with van der Waals surface area (Å²) >= 11 is 0. The number of carbonyl (C=O) groups is 1. The molecule has 32 heavy (non-hydrogen) atoms. The smallest absolute Gasteiger partial charge is 0.336 e. The molecule has 1 aliphatic rings. The summed E-state index contributed by atoms with van der Waals surface area (Å²) in [6.07, 6.45) is 1.76. The third-order valence-electron chi connectivity index (χ3n) is 5.57. The zero-order valence-electron chi connectivity index (χ0n) is 17.9. The SMILES string of the molecule is COC(=O)C1=C(C)N=C(C)C([N+](=O)[O-])C1c1cn(-c2ccccc2)nc1-c1ccccc1. The van der Waals surface area contributed by atoms with E-state index in [1.165, 1.54) is 7.11 Å². The van der Waals surface area contributed by atoms with Gasteiger partial charge < -0.3 is 4.74 Å². The Kier molecular flexibility index (Phi) is 5.68. The Hall–Kier alpha value is -4.07. The van der Waals surface area contributed by atoms with E-state index in [1.54, 1.807) is 24.7 Å². The van der Waals surface area contributed by atoms with Crippen LogP contribution >= 0.6 is 0 Å². The number of aliphatic imine (C=N–C) groups is 1. The van der Waals surface area contributed by atoms with Crippen LogP contribution in [-0.2, 0) is 9.53 Å². The number of ether oxygens (including phenoxy) is 1. The topological polar surface area (TPSA) is 99.6 Å². The van der Waals surface area contributed by atoms with Crippen molar-refractivity contribution in [2.45, 2.75) is 25.8 Å². The first-order valence-corrected chi connectivity index (χ1v) is 10.1. The second kappa shape index (κ2) is 8.58. The van der Waals surface area contributed by atoms with E-state index < -0.39 is 22.9 Å². The van der Waals surface area contributed by atoms with Crippen molar-refractivity contribution >= 4 is 11.7 Å². The van der Waals surface area contributed by atoms with Gasteiger partial charge in [-0.3, -0.25) is 15.1 Å². The number of methoxy groups -OCH3 is 1. The van der Waals surface area contributed by atoms with Crippen LogP contribution in [0.25, 0.3) is 16.9 Å². The molecular weight excluding hydrogens is 408 g/mol. The standard InChI is InChI=1S/C24H22N4O4/c1-15-20(24(29)32-3)21(23(28(30)31)16(2)25-15)19-14-27(18-12-8-5-9-13-18)26-22(19)17-10-6-4-7-11-17/h4-14,21,23H,1-3H3. The largest absolute Gasteiger partial charge is 0.466 e. The van der Waals surface area contributed by atoms with Crippen LogP contribution in [-0.4, -0.2) is 39.5 Å². The highest BCUT2D eigenvalue weighted by molar-refractivity contribution is 5.98. The fourth-order valence-electron chi connectivity index (χ4n) is 4.15. The van der Waals surface area contributed by atoms with Crippen LogP contribution < -0.4 is 0 Å². The third-order valence-corrected chi connectivity index (χ3v) is 5.57. The molecule has 8 heteroatoms. The molecule has 0 bridgehead atoms. The number of rotatable bonds is 5. The van der Waals surface area contributed by atoms with E-state index in [2.05, 4.69) is 4.99 Å². The second-order valence-electron chi connectivity index (χ2n) is 7.53. The number of hydrogen-bond donors (Lipinski definition) is 0. The monoisotopic (exact) mass is 430 g/mol. The molecule has 1 aliphatic heterocycles. The van der Waals surface area contributed by atoms with Gasteiger partial charge in [-0.2, -0.15) is 5.10 Å². The van der Waals surface area contributed by atoms with Gasteiger partial charge in [-0.05, 0) is 26.0 Å². The van der Waals surface area contributed by atoms with E-state index in [-0.39, 0.29) is 5.57 Å². The maximum absolute atomic E-state index is 12.8. The lowest BCUT2D eigenvalue weighted by Gasteiger charge is -2.27. The molecule has 0 saturated carbocycles. The molecule has 162 valence electrons. The maximum Gasteiger partial charge on any atom is 0.336 e. The molecule has 2 unspecified atom stereocenters. The summed E-state index contributed by atoms with van der Waals surface area (Å²) in [5.74, 6) is -1.54. The predicted octanol–water partition coefficient (Wildman–Crippen LogP) is 4.19. The summed E-state index contributed by atoms with van der Waals surface area (Å²) in [6.45, 7) is 3.28. The Bertz CT molecular complexity index is 1230. The van der Waals surface area contributed by atoms with Gasteiger partial charge in [0.1, 0.15) is 0 Å². The number of aromatic nitrogens is 2. The number of hydrogen-bond acceptors (Lipinski definition) is 6. The molecule has 2 aromatic carbocycles. The fourth-order valence-corrected chi connectivity index (χ4v) is 4.15. The van der Waals surface area contributed by atoms with Crippen LogP contribution in [0.15, 0.2) is 83.1 Å². The van der Waals surface area contributed by atoms with Crippen molar-refractivity contribution in [3.63, 3.8) is 0 Å². The van der Waals surface area contributed by atoms with Gasteiger partial charge in [-0.25, -0.2) is 9.48 Å². The minimum atomic E-state index is -1.22. The highest BCUT2D eigenvalue weighted by Gasteiger charge is 2.46. The molecule has 1 aromatic heterocycles. The number of esters is 1. The van der Waals surface area contributed by atoms with Crippen molar-refractivity contribution in [1.82, 2.24) is 9.78 Å².